The maximum atomic E-state index is 5.40. The smallest absolute Gasteiger partial charge is 0.149 e. The SMILES string of the molecule is CN(C)CC#CCOc1ccccc1. The fourth-order valence-electron chi connectivity index (χ4n) is 0.901. The van der Waals surface area contributed by atoms with Gasteiger partial charge in [-0.3, -0.25) is 4.90 Å². The molecule has 1 aromatic carbocycles. The lowest BCUT2D eigenvalue weighted by Crippen LogP contribution is -2.11. The van der Waals surface area contributed by atoms with E-state index in [4.69, 9.17) is 4.74 Å². The summed E-state index contributed by atoms with van der Waals surface area (Å²) in [6.45, 7) is 1.23. The molecule has 0 aliphatic carbocycles. The van der Waals surface area contributed by atoms with Crippen LogP contribution in [0.3, 0.4) is 0 Å². The Labute approximate surface area is 85.5 Å². The number of hydrogen-bond donors (Lipinski definition) is 0. The van der Waals surface area contributed by atoms with E-state index in [0.29, 0.717) is 6.61 Å². The Morgan fingerprint density at radius 1 is 1.14 bits per heavy atom. The first-order chi connectivity index (χ1) is 6.79. The second-order valence-corrected chi connectivity index (χ2v) is 3.19. The van der Waals surface area contributed by atoms with Crippen molar-refractivity contribution in [2.75, 3.05) is 27.2 Å². The lowest BCUT2D eigenvalue weighted by Gasteiger charge is -2.02. The summed E-state index contributed by atoms with van der Waals surface area (Å²) in [5.41, 5.74) is 0. The molecule has 2 nitrogen and oxygen atoms in total. The van der Waals surface area contributed by atoms with Gasteiger partial charge in [0, 0.05) is 0 Å². The maximum Gasteiger partial charge on any atom is 0.149 e. The van der Waals surface area contributed by atoms with Crippen molar-refractivity contribution >= 4 is 0 Å². The lowest BCUT2D eigenvalue weighted by atomic mass is 10.3. The maximum absolute atomic E-state index is 5.40. The lowest BCUT2D eigenvalue weighted by molar-refractivity contribution is 0.369. The molecule has 1 aromatic rings. The molecule has 0 N–H and O–H groups in total. The second-order valence-electron chi connectivity index (χ2n) is 3.19. The first-order valence-corrected chi connectivity index (χ1v) is 4.57. The zero-order valence-electron chi connectivity index (χ0n) is 8.66. The van der Waals surface area contributed by atoms with Gasteiger partial charge in [-0.05, 0) is 26.2 Å². The summed E-state index contributed by atoms with van der Waals surface area (Å²) in [4.78, 5) is 2.02. The van der Waals surface area contributed by atoms with Crippen molar-refractivity contribution < 1.29 is 4.74 Å². The molecule has 1 rings (SSSR count). The normalized spacial score (nSPS) is 9.36. The molecule has 0 atom stereocenters. The van der Waals surface area contributed by atoms with E-state index in [1.54, 1.807) is 0 Å². The van der Waals surface area contributed by atoms with Gasteiger partial charge in [0.25, 0.3) is 0 Å². The number of nitrogens with zero attached hydrogens (tertiary/aromatic N) is 1. The predicted molar refractivity (Wildman–Crippen MR) is 58.3 cm³/mol. The van der Waals surface area contributed by atoms with Crippen LogP contribution in [0.4, 0.5) is 0 Å². The van der Waals surface area contributed by atoms with Gasteiger partial charge in [0.05, 0.1) is 6.54 Å². The van der Waals surface area contributed by atoms with Gasteiger partial charge in [-0.1, -0.05) is 30.0 Å². The van der Waals surface area contributed by atoms with E-state index in [2.05, 4.69) is 11.8 Å². The van der Waals surface area contributed by atoms with Crippen molar-refractivity contribution in [3.63, 3.8) is 0 Å². The Hall–Kier alpha value is -1.46. The molecular formula is C12H15NO. The number of para-hydroxylation sites is 1. The van der Waals surface area contributed by atoms with Crippen LogP contribution in [0.15, 0.2) is 30.3 Å². The molecule has 0 aromatic heterocycles. The number of benzene rings is 1. The molecule has 0 spiro atoms. The Morgan fingerprint density at radius 2 is 1.86 bits per heavy atom. The number of rotatable bonds is 3. The van der Waals surface area contributed by atoms with Crippen molar-refractivity contribution in [1.29, 1.82) is 0 Å². The van der Waals surface area contributed by atoms with Crippen molar-refractivity contribution in [2.24, 2.45) is 0 Å². The van der Waals surface area contributed by atoms with E-state index < -0.39 is 0 Å². The van der Waals surface area contributed by atoms with Crippen molar-refractivity contribution in [1.82, 2.24) is 4.90 Å². The quantitative estimate of drug-likeness (QED) is 0.670. The highest BCUT2D eigenvalue weighted by molar-refractivity contribution is 5.21. The molecule has 0 fully saturated rings. The summed E-state index contributed by atoms with van der Waals surface area (Å²) in [6, 6.07) is 9.71. The third-order valence-corrected chi connectivity index (χ3v) is 1.57. The molecule has 0 saturated heterocycles. The third kappa shape index (κ3) is 4.54. The van der Waals surface area contributed by atoms with Crippen LogP contribution in [-0.4, -0.2) is 32.1 Å². The molecule has 14 heavy (non-hydrogen) atoms. The van der Waals surface area contributed by atoms with Crippen LogP contribution in [0.25, 0.3) is 0 Å². The van der Waals surface area contributed by atoms with Crippen LogP contribution in [0.2, 0.25) is 0 Å². The zero-order chi connectivity index (χ0) is 10.2. The highest BCUT2D eigenvalue weighted by Crippen LogP contribution is 2.07. The Bertz CT molecular complexity index is 308. The van der Waals surface area contributed by atoms with E-state index in [-0.39, 0.29) is 0 Å². The van der Waals surface area contributed by atoms with Crippen LogP contribution >= 0.6 is 0 Å². The molecule has 0 aliphatic rings. The minimum atomic E-state index is 0.456. The molecule has 0 unspecified atom stereocenters. The molecule has 0 bridgehead atoms. The van der Waals surface area contributed by atoms with Crippen LogP contribution in [0, 0.1) is 11.8 Å². The average Bonchev–Trinajstić information content (AvgIpc) is 2.18. The second kappa shape index (κ2) is 6.06. The van der Waals surface area contributed by atoms with E-state index in [9.17, 15) is 0 Å². The van der Waals surface area contributed by atoms with Crippen molar-refractivity contribution in [3.8, 4) is 17.6 Å². The molecule has 0 saturated carbocycles. The summed E-state index contributed by atoms with van der Waals surface area (Å²) in [5.74, 6) is 6.82. The van der Waals surface area contributed by atoms with Crippen molar-refractivity contribution in [3.05, 3.63) is 30.3 Å². The topological polar surface area (TPSA) is 12.5 Å². The molecule has 0 aliphatic heterocycles. The zero-order valence-corrected chi connectivity index (χ0v) is 8.66. The summed E-state index contributed by atoms with van der Waals surface area (Å²) in [6.07, 6.45) is 0. The van der Waals surface area contributed by atoms with Gasteiger partial charge in [0.15, 0.2) is 0 Å². The first-order valence-electron chi connectivity index (χ1n) is 4.57. The van der Waals surface area contributed by atoms with Gasteiger partial charge in [-0.2, -0.15) is 0 Å². The Morgan fingerprint density at radius 3 is 2.50 bits per heavy atom. The van der Waals surface area contributed by atoms with Crippen LogP contribution in [0.1, 0.15) is 0 Å². The van der Waals surface area contributed by atoms with E-state index >= 15 is 0 Å². The molecule has 0 amide bonds. The standard InChI is InChI=1S/C12H15NO/c1-13(2)10-6-7-11-14-12-8-4-3-5-9-12/h3-5,8-9H,10-11H2,1-2H3. The van der Waals surface area contributed by atoms with E-state index in [0.717, 1.165) is 12.3 Å². The number of ether oxygens (including phenoxy) is 1. The average molecular weight is 189 g/mol. The summed E-state index contributed by atoms with van der Waals surface area (Å²) in [5, 5.41) is 0. The highest BCUT2D eigenvalue weighted by Gasteiger charge is 1.86. The fourth-order valence-corrected chi connectivity index (χ4v) is 0.901. The predicted octanol–water partition coefficient (Wildman–Crippen LogP) is 1.63. The number of hydrogen-bond acceptors (Lipinski definition) is 2. The van der Waals surface area contributed by atoms with Gasteiger partial charge in [0.2, 0.25) is 0 Å². The summed E-state index contributed by atoms with van der Waals surface area (Å²) in [7, 11) is 3.99. The minimum Gasteiger partial charge on any atom is -0.481 e. The highest BCUT2D eigenvalue weighted by atomic mass is 16.5. The van der Waals surface area contributed by atoms with E-state index in [1.807, 2.05) is 49.3 Å². The molecule has 0 radical (unpaired) electrons. The van der Waals surface area contributed by atoms with Crippen LogP contribution < -0.4 is 4.74 Å². The summed E-state index contributed by atoms with van der Waals surface area (Å²) >= 11 is 0. The fraction of sp³-hybridized carbons (Fsp3) is 0.333. The van der Waals surface area contributed by atoms with Gasteiger partial charge >= 0.3 is 0 Å². The van der Waals surface area contributed by atoms with Gasteiger partial charge in [-0.15, -0.1) is 0 Å². The molecule has 2 heteroatoms. The van der Waals surface area contributed by atoms with Crippen molar-refractivity contribution in [2.45, 2.75) is 0 Å². The van der Waals surface area contributed by atoms with Gasteiger partial charge < -0.3 is 4.74 Å². The monoisotopic (exact) mass is 189 g/mol. The minimum absolute atomic E-state index is 0.456. The molecule has 0 heterocycles. The van der Waals surface area contributed by atoms with Crippen LogP contribution in [-0.2, 0) is 0 Å². The largest absolute Gasteiger partial charge is 0.481 e. The van der Waals surface area contributed by atoms with Gasteiger partial charge in [-0.25, -0.2) is 0 Å². The van der Waals surface area contributed by atoms with E-state index in [1.165, 1.54) is 0 Å². The Balaban J connectivity index is 2.24. The van der Waals surface area contributed by atoms with Crippen LogP contribution in [0.5, 0.6) is 5.75 Å². The summed E-state index contributed by atoms with van der Waals surface area (Å²) < 4.78 is 5.40. The Kier molecular flexibility index (Phi) is 4.60. The first kappa shape index (κ1) is 10.6. The molecular weight excluding hydrogens is 174 g/mol. The molecule has 74 valence electrons. The third-order valence-electron chi connectivity index (χ3n) is 1.57. The van der Waals surface area contributed by atoms with Gasteiger partial charge in [0.1, 0.15) is 12.4 Å².